The predicted molar refractivity (Wildman–Crippen MR) is 72.5 cm³/mol. The summed E-state index contributed by atoms with van der Waals surface area (Å²) in [6, 6.07) is 11.0. The number of hydrogen-bond acceptors (Lipinski definition) is 4. The van der Waals surface area contributed by atoms with Crippen LogP contribution in [0.4, 0.5) is 0 Å². The van der Waals surface area contributed by atoms with Crippen LogP contribution in [0.5, 0.6) is 0 Å². The molecule has 0 saturated heterocycles. The van der Waals surface area contributed by atoms with Gasteiger partial charge >= 0.3 is 5.97 Å². The second-order valence-electron chi connectivity index (χ2n) is 3.97. The molecule has 0 unspecified atom stereocenters. The van der Waals surface area contributed by atoms with E-state index in [1.54, 1.807) is 23.9 Å². The Hall–Kier alpha value is -2.63. The highest BCUT2D eigenvalue weighted by molar-refractivity contribution is 5.94. The fourth-order valence-electron chi connectivity index (χ4n) is 1.62. The van der Waals surface area contributed by atoms with E-state index in [0.29, 0.717) is 0 Å². The van der Waals surface area contributed by atoms with Crippen LogP contribution in [0.1, 0.15) is 17.4 Å². The minimum absolute atomic E-state index is 0.162. The Morgan fingerprint density at radius 2 is 2.00 bits per heavy atom. The van der Waals surface area contributed by atoms with Gasteiger partial charge in [0, 0.05) is 6.20 Å². The van der Waals surface area contributed by atoms with E-state index in [1.807, 2.05) is 30.3 Å². The van der Waals surface area contributed by atoms with Gasteiger partial charge in [0.05, 0.1) is 12.3 Å². The fourth-order valence-corrected chi connectivity index (χ4v) is 1.62. The molecule has 1 N–H and O–H groups in total. The van der Waals surface area contributed by atoms with Crippen molar-refractivity contribution in [2.24, 2.45) is 0 Å². The van der Waals surface area contributed by atoms with Gasteiger partial charge in [-0.3, -0.25) is 9.59 Å². The van der Waals surface area contributed by atoms with Gasteiger partial charge in [-0.05, 0) is 25.1 Å². The molecule has 6 nitrogen and oxygen atoms in total. The van der Waals surface area contributed by atoms with Crippen LogP contribution in [0.3, 0.4) is 0 Å². The topological polar surface area (TPSA) is 73.2 Å². The Labute approximate surface area is 116 Å². The SMILES string of the molecule is CCOC(=O)CNC(=O)c1ccn(-c2ccccc2)n1. The number of hydrogen-bond donors (Lipinski definition) is 1. The molecule has 0 atom stereocenters. The minimum atomic E-state index is -0.469. The number of nitrogens with zero attached hydrogens (tertiary/aromatic N) is 2. The number of ether oxygens (including phenoxy) is 1. The first-order valence-corrected chi connectivity index (χ1v) is 6.25. The van der Waals surface area contributed by atoms with Crippen LogP contribution in [0.25, 0.3) is 5.69 Å². The highest BCUT2D eigenvalue weighted by atomic mass is 16.5. The third-order valence-corrected chi connectivity index (χ3v) is 2.54. The third-order valence-electron chi connectivity index (χ3n) is 2.54. The van der Waals surface area contributed by atoms with Crippen molar-refractivity contribution in [2.45, 2.75) is 6.92 Å². The molecule has 0 fully saturated rings. The number of esters is 1. The number of benzene rings is 1. The maximum absolute atomic E-state index is 11.8. The lowest BCUT2D eigenvalue weighted by molar-refractivity contribution is -0.141. The van der Waals surface area contributed by atoms with Crippen LogP contribution in [0, 0.1) is 0 Å². The second kappa shape index (κ2) is 6.51. The largest absolute Gasteiger partial charge is 0.465 e. The van der Waals surface area contributed by atoms with Gasteiger partial charge in [-0.15, -0.1) is 0 Å². The molecule has 0 aliphatic heterocycles. The first kappa shape index (κ1) is 13.8. The summed E-state index contributed by atoms with van der Waals surface area (Å²) >= 11 is 0. The van der Waals surface area contributed by atoms with E-state index in [4.69, 9.17) is 4.74 Å². The monoisotopic (exact) mass is 273 g/mol. The van der Waals surface area contributed by atoms with Gasteiger partial charge in [-0.25, -0.2) is 4.68 Å². The average Bonchev–Trinajstić information content (AvgIpc) is 2.96. The molecule has 1 aromatic carbocycles. The lowest BCUT2D eigenvalue weighted by atomic mass is 10.3. The van der Waals surface area contributed by atoms with Gasteiger partial charge in [-0.1, -0.05) is 18.2 Å². The zero-order valence-electron chi connectivity index (χ0n) is 11.1. The number of carbonyl (C=O) groups excluding carboxylic acids is 2. The molecular weight excluding hydrogens is 258 g/mol. The third kappa shape index (κ3) is 3.44. The zero-order chi connectivity index (χ0) is 14.4. The summed E-state index contributed by atoms with van der Waals surface area (Å²) in [6.07, 6.45) is 1.69. The van der Waals surface area contributed by atoms with Crippen molar-refractivity contribution in [1.29, 1.82) is 0 Å². The quantitative estimate of drug-likeness (QED) is 0.830. The number of para-hydroxylation sites is 1. The van der Waals surface area contributed by atoms with Crippen molar-refractivity contribution >= 4 is 11.9 Å². The summed E-state index contributed by atoms with van der Waals surface area (Å²) < 4.78 is 6.32. The Kier molecular flexibility index (Phi) is 4.49. The molecule has 20 heavy (non-hydrogen) atoms. The standard InChI is InChI=1S/C14H15N3O3/c1-2-20-13(18)10-15-14(19)12-8-9-17(16-12)11-6-4-3-5-7-11/h3-9H,2,10H2,1H3,(H,15,19). The molecule has 0 radical (unpaired) electrons. The molecule has 0 bridgehead atoms. The molecule has 6 heteroatoms. The number of rotatable bonds is 5. The van der Waals surface area contributed by atoms with E-state index in [9.17, 15) is 9.59 Å². The van der Waals surface area contributed by atoms with Crippen LogP contribution < -0.4 is 5.32 Å². The predicted octanol–water partition coefficient (Wildman–Crippen LogP) is 1.17. The summed E-state index contributed by atoms with van der Waals surface area (Å²) in [5.74, 6) is -0.879. The normalized spacial score (nSPS) is 10.1. The summed E-state index contributed by atoms with van der Waals surface area (Å²) in [5, 5.41) is 6.62. The second-order valence-corrected chi connectivity index (χ2v) is 3.97. The minimum Gasteiger partial charge on any atom is -0.465 e. The number of amides is 1. The molecule has 2 rings (SSSR count). The van der Waals surface area contributed by atoms with Crippen LogP contribution in [0.15, 0.2) is 42.6 Å². The summed E-state index contributed by atoms with van der Waals surface area (Å²) in [6.45, 7) is 1.84. The van der Waals surface area contributed by atoms with E-state index in [1.165, 1.54) is 0 Å². The van der Waals surface area contributed by atoms with Crippen LogP contribution in [0.2, 0.25) is 0 Å². The summed E-state index contributed by atoms with van der Waals surface area (Å²) in [7, 11) is 0. The fraction of sp³-hybridized carbons (Fsp3) is 0.214. The summed E-state index contributed by atoms with van der Waals surface area (Å²) in [5.41, 5.74) is 1.11. The van der Waals surface area contributed by atoms with Gasteiger partial charge in [0.1, 0.15) is 6.54 Å². The molecule has 0 aliphatic rings. The van der Waals surface area contributed by atoms with Crippen molar-refractivity contribution in [3.05, 3.63) is 48.3 Å². The molecule has 0 spiro atoms. The van der Waals surface area contributed by atoms with E-state index < -0.39 is 11.9 Å². The van der Waals surface area contributed by atoms with Crippen molar-refractivity contribution in [3.8, 4) is 5.69 Å². The molecule has 2 aromatic rings. The average molecular weight is 273 g/mol. The Morgan fingerprint density at radius 1 is 1.25 bits per heavy atom. The molecule has 1 heterocycles. The van der Waals surface area contributed by atoms with Crippen LogP contribution in [-0.2, 0) is 9.53 Å². The summed E-state index contributed by atoms with van der Waals surface area (Å²) in [4.78, 5) is 22.9. The molecular formula is C14H15N3O3. The van der Waals surface area contributed by atoms with Gasteiger partial charge in [0.2, 0.25) is 0 Å². The molecule has 1 amide bonds. The maximum atomic E-state index is 11.8. The van der Waals surface area contributed by atoms with Crippen molar-refractivity contribution in [2.75, 3.05) is 13.2 Å². The van der Waals surface area contributed by atoms with E-state index in [2.05, 4.69) is 10.4 Å². The van der Waals surface area contributed by atoms with Crippen molar-refractivity contribution < 1.29 is 14.3 Å². The smallest absolute Gasteiger partial charge is 0.325 e. The van der Waals surface area contributed by atoms with Crippen LogP contribution >= 0.6 is 0 Å². The molecule has 1 aromatic heterocycles. The first-order valence-electron chi connectivity index (χ1n) is 6.25. The Balaban J connectivity index is 1.98. The number of aromatic nitrogens is 2. The van der Waals surface area contributed by atoms with Crippen LogP contribution in [-0.4, -0.2) is 34.8 Å². The number of nitrogens with one attached hydrogen (secondary N) is 1. The zero-order valence-corrected chi connectivity index (χ0v) is 11.1. The van der Waals surface area contributed by atoms with E-state index in [-0.39, 0.29) is 18.8 Å². The van der Waals surface area contributed by atoms with E-state index in [0.717, 1.165) is 5.69 Å². The molecule has 0 saturated carbocycles. The maximum Gasteiger partial charge on any atom is 0.325 e. The Morgan fingerprint density at radius 3 is 2.70 bits per heavy atom. The number of carbonyl (C=O) groups is 2. The molecule has 104 valence electrons. The Bertz CT molecular complexity index is 593. The van der Waals surface area contributed by atoms with E-state index >= 15 is 0 Å². The van der Waals surface area contributed by atoms with Gasteiger partial charge in [-0.2, -0.15) is 5.10 Å². The van der Waals surface area contributed by atoms with Gasteiger partial charge < -0.3 is 10.1 Å². The first-order chi connectivity index (χ1) is 9.70. The van der Waals surface area contributed by atoms with Gasteiger partial charge in [0.15, 0.2) is 5.69 Å². The highest BCUT2D eigenvalue weighted by Gasteiger charge is 2.11. The van der Waals surface area contributed by atoms with Crippen molar-refractivity contribution in [3.63, 3.8) is 0 Å². The lowest BCUT2D eigenvalue weighted by Gasteiger charge is -2.03. The van der Waals surface area contributed by atoms with Gasteiger partial charge in [0.25, 0.3) is 5.91 Å². The van der Waals surface area contributed by atoms with Crippen molar-refractivity contribution in [1.82, 2.24) is 15.1 Å². The lowest BCUT2D eigenvalue weighted by Crippen LogP contribution is -2.30. The molecule has 0 aliphatic carbocycles. The highest BCUT2D eigenvalue weighted by Crippen LogP contribution is 2.06.